The number of hydrogen-bond acceptors (Lipinski definition) is 4. The molecule has 0 radical (unpaired) electrons. The monoisotopic (exact) mass is 285 g/mol. The van der Waals surface area contributed by atoms with Crippen LogP contribution in [-0.4, -0.2) is 27.9 Å². The number of carbonyl (C=O) groups is 3. The molecule has 106 valence electrons. The van der Waals surface area contributed by atoms with E-state index in [-0.39, 0.29) is 17.1 Å². The predicted octanol–water partition coefficient (Wildman–Crippen LogP) is 1.13. The maximum atomic E-state index is 12.0. The SMILES string of the molecule is NC(=O)c1ccc(C(=O)Nc2cccc(C(=O)O)n2)cc1. The lowest BCUT2D eigenvalue weighted by Gasteiger charge is -2.05. The van der Waals surface area contributed by atoms with E-state index < -0.39 is 17.8 Å². The standard InChI is InChI=1S/C14H11N3O4/c15-12(18)8-4-6-9(7-5-8)13(19)17-11-3-1-2-10(16-11)14(20)21/h1-7H,(H2,15,18)(H,20,21)(H,16,17,19). The minimum Gasteiger partial charge on any atom is -0.477 e. The van der Waals surface area contributed by atoms with Crippen molar-refractivity contribution in [1.29, 1.82) is 0 Å². The number of nitrogens with two attached hydrogens (primary N) is 1. The lowest BCUT2D eigenvalue weighted by Crippen LogP contribution is -2.15. The van der Waals surface area contributed by atoms with Crippen molar-refractivity contribution in [1.82, 2.24) is 4.98 Å². The average molecular weight is 285 g/mol. The number of anilines is 1. The summed E-state index contributed by atoms with van der Waals surface area (Å²) in [4.78, 5) is 37.5. The Balaban J connectivity index is 2.16. The van der Waals surface area contributed by atoms with Gasteiger partial charge < -0.3 is 16.2 Å². The molecule has 0 fully saturated rings. The highest BCUT2D eigenvalue weighted by atomic mass is 16.4. The summed E-state index contributed by atoms with van der Waals surface area (Å²) in [5.74, 6) is -2.12. The van der Waals surface area contributed by atoms with E-state index in [9.17, 15) is 14.4 Å². The first-order valence-electron chi connectivity index (χ1n) is 5.89. The Labute approximate surface area is 119 Å². The Morgan fingerprint density at radius 2 is 1.62 bits per heavy atom. The van der Waals surface area contributed by atoms with Crippen LogP contribution in [0.25, 0.3) is 0 Å². The van der Waals surface area contributed by atoms with Gasteiger partial charge in [0.25, 0.3) is 5.91 Å². The summed E-state index contributed by atoms with van der Waals surface area (Å²) in [5, 5.41) is 11.3. The zero-order valence-corrected chi connectivity index (χ0v) is 10.7. The molecule has 1 aromatic heterocycles. The van der Waals surface area contributed by atoms with E-state index in [1.165, 1.54) is 42.5 Å². The minimum atomic E-state index is -1.18. The molecule has 0 saturated carbocycles. The quantitative estimate of drug-likeness (QED) is 0.777. The second kappa shape index (κ2) is 5.83. The molecule has 2 amide bonds. The van der Waals surface area contributed by atoms with Crippen LogP contribution in [0, 0.1) is 0 Å². The molecule has 0 atom stereocenters. The topological polar surface area (TPSA) is 122 Å². The van der Waals surface area contributed by atoms with Crippen LogP contribution in [0.1, 0.15) is 31.2 Å². The number of rotatable bonds is 4. The van der Waals surface area contributed by atoms with Gasteiger partial charge in [-0.2, -0.15) is 0 Å². The molecule has 1 aromatic carbocycles. The second-order valence-corrected chi connectivity index (χ2v) is 4.11. The number of aromatic nitrogens is 1. The maximum Gasteiger partial charge on any atom is 0.354 e. The number of nitrogens with one attached hydrogen (secondary N) is 1. The molecular weight excluding hydrogens is 274 g/mol. The van der Waals surface area contributed by atoms with Gasteiger partial charge >= 0.3 is 5.97 Å². The largest absolute Gasteiger partial charge is 0.477 e. The number of aromatic carboxylic acids is 1. The molecule has 0 spiro atoms. The van der Waals surface area contributed by atoms with Gasteiger partial charge in [-0.1, -0.05) is 6.07 Å². The first-order chi connectivity index (χ1) is 9.97. The molecule has 0 aliphatic rings. The Morgan fingerprint density at radius 3 is 2.19 bits per heavy atom. The molecule has 1 heterocycles. The number of carboxylic acid groups (broad SMARTS) is 1. The number of pyridine rings is 1. The van der Waals surface area contributed by atoms with E-state index in [1.54, 1.807) is 0 Å². The van der Waals surface area contributed by atoms with Gasteiger partial charge in [-0.3, -0.25) is 9.59 Å². The molecule has 0 saturated heterocycles. The summed E-state index contributed by atoms with van der Waals surface area (Å²) >= 11 is 0. The van der Waals surface area contributed by atoms with Gasteiger partial charge in [-0.25, -0.2) is 9.78 Å². The third kappa shape index (κ3) is 3.41. The maximum absolute atomic E-state index is 12.0. The fourth-order valence-corrected chi connectivity index (χ4v) is 1.60. The number of primary amides is 1. The number of carbonyl (C=O) groups excluding carboxylic acids is 2. The highest BCUT2D eigenvalue weighted by Crippen LogP contribution is 2.09. The number of nitrogens with zero attached hydrogens (tertiary/aromatic N) is 1. The smallest absolute Gasteiger partial charge is 0.354 e. The lowest BCUT2D eigenvalue weighted by atomic mass is 10.1. The van der Waals surface area contributed by atoms with Gasteiger partial charge in [0.1, 0.15) is 5.82 Å². The highest BCUT2D eigenvalue weighted by molar-refractivity contribution is 6.04. The first-order valence-corrected chi connectivity index (χ1v) is 5.89. The normalized spacial score (nSPS) is 9.90. The molecule has 21 heavy (non-hydrogen) atoms. The number of hydrogen-bond donors (Lipinski definition) is 3. The van der Waals surface area contributed by atoms with Crippen molar-refractivity contribution < 1.29 is 19.5 Å². The molecule has 4 N–H and O–H groups in total. The van der Waals surface area contributed by atoms with Crippen LogP contribution >= 0.6 is 0 Å². The third-order valence-electron chi connectivity index (χ3n) is 2.64. The van der Waals surface area contributed by atoms with Crippen molar-refractivity contribution in [2.45, 2.75) is 0 Å². The second-order valence-electron chi connectivity index (χ2n) is 4.11. The van der Waals surface area contributed by atoms with E-state index >= 15 is 0 Å². The fraction of sp³-hybridized carbons (Fsp3) is 0. The lowest BCUT2D eigenvalue weighted by molar-refractivity contribution is 0.0690. The average Bonchev–Trinajstić information content (AvgIpc) is 2.47. The molecule has 0 aliphatic carbocycles. The van der Waals surface area contributed by atoms with Gasteiger partial charge in [0.2, 0.25) is 5.91 Å². The molecule has 0 unspecified atom stereocenters. The molecule has 7 heteroatoms. The highest BCUT2D eigenvalue weighted by Gasteiger charge is 2.10. The fourth-order valence-electron chi connectivity index (χ4n) is 1.60. The van der Waals surface area contributed by atoms with E-state index in [0.717, 1.165) is 0 Å². The predicted molar refractivity (Wildman–Crippen MR) is 74.1 cm³/mol. The number of carboxylic acids is 1. The summed E-state index contributed by atoms with van der Waals surface area (Å²) in [6.07, 6.45) is 0. The molecule has 0 bridgehead atoms. The van der Waals surface area contributed by atoms with Crippen LogP contribution in [0.3, 0.4) is 0 Å². The van der Waals surface area contributed by atoms with Gasteiger partial charge in [-0.15, -0.1) is 0 Å². The van der Waals surface area contributed by atoms with Crippen LogP contribution in [0.5, 0.6) is 0 Å². The van der Waals surface area contributed by atoms with Crippen LogP contribution < -0.4 is 11.1 Å². The molecule has 2 aromatic rings. The third-order valence-corrected chi connectivity index (χ3v) is 2.64. The van der Waals surface area contributed by atoms with Crippen molar-refractivity contribution in [3.8, 4) is 0 Å². The number of amides is 2. The Bertz CT molecular complexity index is 710. The van der Waals surface area contributed by atoms with Crippen molar-refractivity contribution in [2.75, 3.05) is 5.32 Å². The Kier molecular flexibility index (Phi) is 3.94. The van der Waals surface area contributed by atoms with Crippen molar-refractivity contribution in [3.63, 3.8) is 0 Å². The number of benzene rings is 1. The Hall–Kier alpha value is -3.22. The van der Waals surface area contributed by atoms with E-state index in [1.807, 2.05) is 0 Å². The van der Waals surface area contributed by atoms with Gasteiger partial charge in [0, 0.05) is 11.1 Å². The summed E-state index contributed by atoms with van der Waals surface area (Å²) in [5.41, 5.74) is 5.52. The molecule has 7 nitrogen and oxygen atoms in total. The zero-order chi connectivity index (χ0) is 15.4. The molecular formula is C14H11N3O4. The molecule has 0 aliphatic heterocycles. The van der Waals surface area contributed by atoms with Crippen LogP contribution in [-0.2, 0) is 0 Å². The van der Waals surface area contributed by atoms with Crippen molar-refractivity contribution >= 4 is 23.6 Å². The first kappa shape index (κ1) is 14.2. The van der Waals surface area contributed by atoms with Crippen molar-refractivity contribution in [2.24, 2.45) is 5.73 Å². The van der Waals surface area contributed by atoms with Crippen LogP contribution in [0.2, 0.25) is 0 Å². The van der Waals surface area contributed by atoms with Crippen molar-refractivity contribution in [3.05, 3.63) is 59.3 Å². The van der Waals surface area contributed by atoms with E-state index in [2.05, 4.69) is 10.3 Å². The van der Waals surface area contributed by atoms with E-state index in [0.29, 0.717) is 5.56 Å². The van der Waals surface area contributed by atoms with Crippen LogP contribution in [0.15, 0.2) is 42.5 Å². The van der Waals surface area contributed by atoms with Gasteiger partial charge in [-0.05, 0) is 36.4 Å². The van der Waals surface area contributed by atoms with Gasteiger partial charge in [0.15, 0.2) is 5.69 Å². The van der Waals surface area contributed by atoms with Gasteiger partial charge in [0.05, 0.1) is 0 Å². The summed E-state index contributed by atoms with van der Waals surface area (Å²) in [7, 11) is 0. The zero-order valence-electron chi connectivity index (χ0n) is 10.7. The molecule has 2 rings (SSSR count). The summed E-state index contributed by atoms with van der Waals surface area (Å²) < 4.78 is 0. The Morgan fingerprint density at radius 1 is 1.00 bits per heavy atom. The van der Waals surface area contributed by atoms with E-state index in [4.69, 9.17) is 10.8 Å². The minimum absolute atomic E-state index is 0.124. The summed E-state index contributed by atoms with van der Waals surface area (Å²) in [6, 6.07) is 10.0. The van der Waals surface area contributed by atoms with Crippen LogP contribution in [0.4, 0.5) is 5.82 Å². The summed E-state index contributed by atoms with van der Waals surface area (Å²) in [6.45, 7) is 0.